The van der Waals surface area contributed by atoms with Gasteiger partial charge in [0.2, 0.25) is 0 Å². The van der Waals surface area contributed by atoms with Crippen LogP contribution >= 0.6 is 22.9 Å². The number of esters is 1. The molecule has 0 aliphatic rings. The number of ether oxygens (including phenoxy) is 1. The van der Waals surface area contributed by atoms with Gasteiger partial charge in [0.25, 0.3) is 5.69 Å². The van der Waals surface area contributed by atoms with E-state index >= 15 is 0 Å². The fourth-order valence-corrected chi connectivity index (χ4v) is 2.78. The molecule has 1 aromatic carbocycles. The van der Waals surface area contributed by atoms with Crippen LogP contribution in [0.1, 0.15) is 16.1 Å². The number of rotatable bonds is 5. The van der Waals surface area contributed by atoms with E-state index in [-0.39, 0.29) is 22.9 Å². The normalized spacial score (nSPS) is 10.5. The highest BCUT2D eigenvalue weighted by Crippen LogP contribution is 2.26. The van der Waals surface area contributed by atoms with Crippen molar-refractivity contribution in [2.45, 2.75) is 6.61 Å². The third kappa shape index (κ3) is 3.44. The molecule has 3 rings (SSSR count). The van der Waals surface area contributed by atoms with Gasteiger partial charge in [-0.25, -0.2) is 4.79 Å². The highest BCUT2D eigenvalue weighted by molar-refractivity contribution is 7.13. The molecule has 0 saturated heterocycles. The predicted octanol–water partition coefficient (Wildman–Crippen LogP) is 4.32. The summed E-state index contributed by atoms with van der Waals surface area (Å²) in [4.78, 5) is 23.1. The van der Waals surface area contributed by atoms with Crippen LogP contribution in [-0.4, -0.2) is 16.0 Å². The maximum atomic E-state index is 12.1. The van der Waals surface area contributed by atoms with Crippen molar-refractivity contribution in [1.82, 2.24) is 5.16 Å². The summed E-state index contributed by atoms with van der Waals surface area (Å²) in [6.45, 7) is -0.132. The van der Waals surface area contributed by atoms with E-state index in [4.69, 9.17) is 20.9 Å². The van der Waals surface area contributed by atoms with E-state index in [0.717, 1.165) is 10.9 Å². The fraction of sp³-hybridized carbons (Fsp3) is 0.0667. The van der Waals surface area contributed by atoms with Gasteiger partial charge in [-0.1, -0.05) is 22.8 Å². The Kier molecular flexibility index (Phi) is 4.59. The molecule has 24 heavy (non-hydrogen) atoms. The monoisotopic (exact) mass is 364 g/mol. The van der Waals surface area contributed by atoms with Crippen LogP contribution in [0.5, 0.6) is 0 Å². The van der Waals surface area contributed by atoms with Crippen LogP contribution in [0.4, 0.5) is 5.69 Å². The van der Waals surface area contributed by atoms with Crippen LogP contribution < -0.4 is 0 Å². The van der Waals surface area contributed by atoms with E-state index in [9.17, 15) is 14.9 Å². The van der Waals surface area contributed by atoms with Crippen molar-refractivity contribution in [3.05, 3.63) is 68.2 Å². The molecule has 0 bridgehead atoms. The minimum atomic E-state index is -0.774. The molecule has 0 spiro atoms. The number of thiophene rings is 1. The van der Waals surface area contributed by atoms with E-state index in [1.54, 1.807) is 6.07 Å². The Hall–Kier alpha value is -2.71. The van der Waals surface area contributed by atoms with Crippen molar-refractivity contribution in [1.29, 1.82) is 0 Å². The van der Waals surface area contributed by atoms with Crippen molar-refractivity contribution in [2.24, 2.45) is 0 Å². The summed E-state index contributed by atoms with van der Waals surface area (Å²) in [5.41, 5.74) is 0.105. The van der Waals surface area contributed by atoms with Gasteiger partial charge in [-0.05, 0) is 17.5 Å². The van der Waals surface area contributed by atoms with Gasteiger partial charge < -0.3 is 9.26 Å². The lowest BCUT2D eigenvalue weighted by Crippen LogP contribution is -2.06. The Balaban J connectivity index is 1.70. The molecule has 2 aromatic heterocycles. The van der Waals surface area contributed by atoms with Crippen LogP contribution in [0, 0.1) is 10.1 Å². The maximum absolute atomic E-state index is 12.1. The number of nitro groups is 1. The van der Waals surface area contributed by atoms with Gasteiger partial charge in [0, 0.05) is 18.2 Å². The number of non-ortho nitro benzene ring substituents is 1. The molecule has 0 radical (unpaired) electrons. The number of nitro benzene ring substituents is 1. The van der Waals surface area contributed by atoms with Crippen LogP contribution in [0.25, 0.3) is 10.6 Å². The quantitative estimate of drug-likeness (QED) is 0.380. The highest BCUT2D eigenvalue weighted by Gasteiger charge is 2.18. The number of halogens is 1. The van der Waals surface area contributed by atoms with Crippen LogP contribution in [0.15, 0.2) is 46.3 Å². The van der Waals surface area contributed by atoms with E-state index < -0.39 is 10.9 Å². The highest BCUT2D eigenvalue weighted by atomic mass is 35.5. The molecule has 122 valence electrons. The first-order valence-electron chi connectivity index (χ1n) is 6.65. The van der Waals surface area contributed by atoms with Crippen molar-refractivity contribution >= 4 is 34.6 Å². The summed E-state index contributed by atoms with van der Waals surface area (Å²) < 4.78 is 10.3. The first kappa shape index (κ1) is 16.2. The summed E-state index contributed by atoms with van der Waals surface area (Å²) in [7, 11) is 0. The smallest absolute Gasteiger partial charge is 0.340 e. The van der Waals surface area contributed by atoms with Crippen molar-refractivity contribution in [3.8, 4) is 10.6 Å². The maximum Gasteiger partial charge on any atom is 0.340 e. The molecule has 0 aliphatic heterocycles. The van der Waals surface area contributed by atoms with E-state index in [0.29, 0.717) is 11.5 Å². The molecule has 0 saturated carbocycles. The SMILES string of the molecule is O=C(OCc1cc(-c2cccs2)on1)c1cc([N+](=O)[O-])ccc1Cl. The van der Waals surface area contributed by atoms with Crippen LogP contribution in [-0.2, 0) is 11.3 Å². The topological polar surface area (TPSA) is 95.5 Å². The molecule has 0 fully saturated rings. The second-order valence-corrected chi connectivity index (χ2v) is 6.01. The Morgan fingerprint density at radius 2 is 2.21 bits per heavy atom. The number of hydrogen-bond acceptors (Lipinski definition) is 7. The molecular weight excluding hydrogens is 356 g/mol. The minimum absolute atomic E-state index is 0.0741. The Labute approximate surface area is 144 Å². The number of carbonyl (C=O) groups excluding carboxylic acids is 1. The predicted molar refractivity (Wildman–Crippen MR) is 87.0 cm³/mol. The van der Waals surface area contributed by atoms with Gasteiger partial charge in [0.05, 0.1) is 20.4 Å². The van der Waals surface area contributed by atoms with Crippen molar-refractivity contribution < 1.29 is 19.0 Å². The average molecular weight is 365 g/mol. The fourth-order valence-electron chi connectivity index (χ4n) is 1.92. The van der Waals surface area contributed by atoms with Gasteiger partial charge in [-0.2, -0.15) is 0 Å². The second kappa shape index (κ2) is 6.81. The largest absolute Gasteiger partial charge is 0.455 e. The van der Waals surface area contributed by atoms with Gasteiger partial charge in [-0.15, -0.1) is 11.3 Å². The zero-order valence-electron chi connectivity index (χ0n) is 12.0. The lowest BCUT2D eigenvalue weighted by atomic mass is 10.2. The second-order valence-electron chi connectivity index (χ2n) is 4.66. The summed E-state index contributed by atoms with van der Waals surface area (Å²) in [6.07, 6.45) is 0. The molecule has 0 N–H and O–H groups in total. The number of nitrogens with zero attached hydrogens (tertiary/aromatic N) is 2. The standard InChI is InChI=1S/C15H9ClN2O5S/c16-12-4-3-10(18(20)21)7-11(12)15(19)22-8-9-6-13(23-17-9)14-2-1-5-24-14/h1-7H,8H2. The molecule has 0 aliphatic carbocycles. The van der Waals surface area contributed by atoms with E-state index in [1.807, 2.05) is 17.5 Å². The molecule has 0 unspecified atom stereocenters. The van der Waals surface area contributed by atoms with Crippen molar-refractivity contribution in [2.75, 3.05) is 0 Å². The van der Waals surface area contributed by atoms with Gasteiger partial charge in [-0.3, -0.25) is 10.1 Å². The third-order valence-corrected chi connectivity index (χ3v) is 4.27. The first-order valence-corrected chi connectivity index (χ1v) is 7.91. The zero-order valence-corrected chi connectivity index (χ0v) is 13.5. The number of carbonyl (C=O) groups is 1. The van der Waals surface area contributed by atoms with Gasteiger partial charge in [0.1, 0.15) is 12.3 Å². The number of benzene rings is 1. The van der Waals surface area contributed by atoms with Crippen molar-refractivity contribution in [3.63, 3.8) is 0 Å². The first-order chi connectivity index (χ1) is 11.5. The minimum Gasteiger partial charge on any atom is -0.455 e. The third-order valence-electron chi connectivity index (χ3n) is 3.05. The Morgan fingerprint density at radius 1 is 1.38 bits per heavy atom. The summed E-state index contributed by atoms with van der Waals surface area (Å²) in [6, 6.07) is 8.99. The average Bonchev–Trinajstić information content (AvgIpc) is 3.24. The van der Waals surface area contributed by atoms with Crippen LogP contribution in [0.2, 0.25) is 5.02 Å². The molecule has 9 heteroatoms. The lowest BCUT2D eigenvalue weighted by molar-refractivity contribution is -0.384. The number of hydrogen-bond donors (Lipinski definition) is 0. The zero-order chi connectivity index (χ0) is 17.1. The van der Waals surface area contributed by atoms with Gasteiger partial charge in [0.15, 0.2) is 5.76 Å². The van der Waals surface area contributed by atoms with E-state index in [1.165, 1.54) is 23.5 Å². The number of aromatic nitrogens is 1. The molecule has 2 heterocycles. The molecule has 0 atom stereocenters. The summed E-state index contributed by atoms with van der Waals surface area (Å²) in [5, 5.41) is 16.6. The Bertz CT molecular complexity index is 891. The van der Waals surface area contributed by atoms with Gasteiger partial charge >= 0.3 is 5.97 Å². The van der Waals surface area contributed by atoms with Crippen LogP contribution in [0.3, 0.4) is 0 Å². The Morgan fingerprint density at radius 3 is 2.92 bits per heavy atom. The summed E-state index contributed by atoms with van der Waals surface area (Å²) in [5.74, 6) is -0.200. The molecule has 3 aromatic rings. The summed E-state index contributed by atoms with van der Waals surface area (Å²) >= 11 is 7.39. The molecular formula is C15H9ClN2O5S. The van der Waals surface area contributed by atoms with E-state index in [2.05, 4.69) is 5.16 Å². The molecule has 0 amide bonds. The molecule has 7 nitrogen and oxygen atoms in total. The lowest BCUT2D eigenvalue weighted by Gasteiger charge is -2.04.